The van der Waals surface area contributed by atoms with Gasteiger partial charge in [-0.25, -0.2) is 0 Å². The number of carboxylic acids is 1. The molecule has 7 nitrogen and oxygen atoms in total. The van der Waals surface area contributed by atoms with Crippen LogP contribution in [0.1, 0.15) is 73.6 Å². The van der Waals surface area contributed by atoms with Crippen LogP contribution in [-0.2, 0) is 19.2 Å². The first-order valence-corrected chi connectivity index (χ1v) is 9.71. The summed E-state index contributed by atoms with van der Waals surface area (Å²) >= 11 is 0. The van der Waals surface area contributed by atoms with Crippen molar-refractivity contribution in [3.63, 3.8) is 0 Å². The van der Waals surface area contributed by atoms with Crippen LogP contribution in [0.4, 0.5) is 0 Å². The molecule has 0 fully saturated rings. The van der Waals surface area contributed by atoms with Crippen LogP contribution in [0.15, 0.2) is 0 Å². The maximum atomic E-state index is 12.6. The average Bonchev–Trinajstić information content (AvgIpc) is 2.54. The summed E-state index contributed by atoms with van der Waals surface area (Å²) in [4.78, 5) is 47.8. The minimum Gasteiger partial charge on any atom is -0.481 e. The van der Waals surface area contributed by atoms with E-state index in [0.29, 0.717) is 18.8 Å². The lowest BCUT2D eigenvalue weighted by Gasteiger charge is -2.26. The zero-order chi connectivity index (χ0) is 21.2. The standard InChI is InChI=1S/C20H36N2O5/c1-13(2)9-7-8-10-16(23)21-12-17(24)22-15(11-14(3)4)18(25)20(5,6)19(26)27/h13-15H,7-12H2,1-6H3,(H,21,23)(H,22,24)(H,26,27)/t15-/m0/s1. The molecule has 156 valence electrons. The maximum Gasteiger partial charge on any atom is 0.316 e. The minimum atomic E-state index is -1.59. The molecule has 1 atom stereocenters. The molecule has 7 heteroatoms. The third kappa shape index (κ3) is 10.1. The highest BCUT2D eigenvalue weighted by atomic mass is 16.4. The van der Waals surface area contributed by atoms with Gasteiger partial charge in [0.1, 0.15) is 5.41 Å². The molecule has 0 aromatic heterocycles. The van der Waals surface area contributed by atoms with Crippen LogP contribution in [-0.4, -0.2) is 41.3 Å². The molecule has 0 bridgehead atoms. The van der Waals surface area contributed by atoms with Crippen molar-refractivity contribution in [1.82, 2.24) is 10.6 Å². The molecule has 0 aromatic carbocycles. The third-order valence-corrected chi connectivity index (χ3v) is 4.39. The van der Waals surface area contributed by atoms with E-state index >= 15 is 0 Å². The molecule has 27 heavy (non-hydrogen) atoms. The Morgan fingerprint density at radius 3 is 2.00 bits per heavy atom. The fraction of sp³-hybridized carbons (Fsp3) is 0.800. The monoisotopic (exact) mass is 384 g/mol. The van der Waals surface area contributed by atoms with Gasteiger partial charge >= 0.3 is 5.97 Å². The number of hydrogen-bond donors (Lipinski definition) is 3. The number of hydrogen-bond acceptors (Lipinski definition) is 4. The Labute approximate surface area is 162 Å². The fourth-order valence-electron chi connectivity index (χ4n) is 2.59. The molecule has 0 saturated carbocycles. The van der Waals surface area contributed by atoms with Crippen molar-refractivity contribution < 1.29 is 24.3 Å². The van der Waals surface area contributed by atoms with E-state index in [2.05, 4.69) is 24.5 Å². The fourth-order valence-corrected chi connectivity index (χ4v) is 2.59. The zero-order valence-electron chi connectivity index (χ0n) is 17.6. The lowest BCUT2D eigenvalue weighted by Crippen LogP contribution is -2.51. The van der Waals surface area contributed by atoms with Gasteiger partial charge in [-0.3, -0.25) is 19.2 Å². The normalized spacial score (nSPS) is 12.7. The van der Waals surface area contributed by atoms with Gasteiger partial charge in [-0.15, -0.1) is 0 Å². The number of rotatable bonds is 13. The summed E-state index contributed by atoms with van der Waals surface area (Å²) in [5, 5.41) is 14.4. The highest BCUT2D eigenvalue weighted by molar-refractivity contribution is 6.06. The summed E-state index contributed by atoms with van der Waals surface area (Å²) < 4.78 is 0. The van der Waals surface area contributed by atoms with E-state index in [1.165, 1.54) is 13.8 Å². The first kappa shape index (κ1) is 25.1. The molecule has 0 aromatic rings. The number of ketones is 1. The smallest absolute Gasteiger partial charge is 0.316 e. The van der Waals surface area contributed by atoms with Crippen molar-refractivity contribution in [2.45, 2.75) is 79.7 Å². The molecule has 0 aliphatic heterocycles. The number of carboxylic acid groups (broad SMARTS) is 1. The lowest BCUT2D eigenvalue weighted by molar-refractivity contribution is -0.154. The van der Waals surface area contributed by atoms with E-state index in [-0.39, 0.29) is 18.4 Å². The SMILES string of the molecule is CC(C)CCCCC(=O)NCC(=O)N[C@@H](CC(C)C)C(=O)C(C)(C)C(=O)O. The number of aliphatic carboxylic acids is 1. The summed E-state index contributed by atoms with van der Waals surface area (Å²) in [6.45, 7) is 10.5. The Balaban J connectivity index is 4.59. The topological polar surface area (TPSA) is 113 Å². The van der Waals surface area contributed by atoms with Crippen LogP contribution in [0.25, 0.3) is 0 Å². The van der Waals surface area contributed by atoms with Crippen molar-refractivity contribution in [3.8, 4) is 0 Å². The second-order valence-electron chi connectivity index (χ2n) is 8.46. The molecule has 2 amide bonds. The summed E-state index contributed by atoms with van der Waals surface area (Å²) in [5.41, 5.74) is -1.59. The van der Waals surface area contributed by atoms with E-state index in [9.17, 15) is 24.3 Å². The van der Waals surface area contributed by atoms with Gasteiger partial charge in [0.15, 0.2) is 5.78 Å². The van der Waals surface area contributed by atoms with E-state index in [0.717, 1.165) is 19.3 Å². The number of unbranched alkanes of at least 4 members (excludes halogenated alkanes) is 1. The van der Waals surface area contributed by atoms with E-state index in [4.69, 9.17) is 0 Å². The Morgan fingerprint density at radius 1 is 0.926 bits per heavy atom. The molecular weight excluding hydrogens is 348 g/mol. The van der Waals surface area contributed by atoms with Gasteiger partial charge in [0.2, 0.25) is 11.8 Å². The van der Waals surface area contributed by atoms with Gasteiger partial charge in [0.25, 0.3) is 0 Å². The number of carbonyl (C=O) groups excluding carboxylic acids is 3. The molecule has 0 rings (SSSR count). The van der Waals surface area contributed by atoms with Gasteiger partial charge < -0.3 is 15.7 Å². The van der Waals surface area contributed by atoms with E-state index in [1.54, 1.807) is 0 Å². The Hall–Kier alpha value is -1.92. The lowest BCUT2D eigenvalue weighted by atomic mass is 9.82. The maximum absolute atomic E-state index is 12.6. The molecular formula is C20H36N2O5. The van der Waals surface area contributed by atoms with Crippen LogP contribution < -0.4 is 10.6 Å². The van der Waals surface area contributed by atoms with Gasteiger partial charge in [0, 0.05) is 6.42 Å². The molecule has 0 aliphatic rings. The molecule has 0 saturated heterocycles. The first-order chi connectivity index (χ1) is 12.4. The summed E-state index contributed by atoms with van der Waals surface area (Å²) in [6, 6.07) is -0.897. The van der Waals surface area contributed by atoms with Gasteiger partial charge in [-0.2, -0.15) is 0 Å². The number of carbonyl (C=O) groups is 4. The van der Waals surface area contributed by atoms with Gasteiger partial charge in [-0.05, 0) is 38.5 Å². The molecule has 0 aliphatic carbocycles. The molecule has 0 heterocycles. The Bertz CT molecular complexity index is 526. The van der Waals surface area contributed by atoms with Gasteiger partial charge in [-0.1, -0.05) is 40.5 Å². The van der Waals surface area contributed by atoms with Crippen molar-refractivity contribution in [2.75, 3.05) is 6.54 Å². The molecule has 0 spiro atoms. The van der Waals surface area contributed by atoms with Crippen molar-refractivity contribution >= 4 is 23.6 Å². The van der Waals surface area contributed by atoms with Crippen LogP contribution in [0.3, 0.4) is 0 Å². The van der Waals surface area contributed by atoms with Crippen molar-refractivity contribution in [3.05, 3.63) is 0 Å². The van der Waals surface area contributed by atoms with Crippen molar-refractivity contribution in [1.29, 1.82) is 0 Å². The highest BCUT2D eigenvalue weighted by Crippen LogP contribution is 2.21. The van der Waals surface area contributed by atoms with Crippen molar-refractivity contribution in [2.24, 2.45) is 17.3 Å². The summed E-state index contributed by atoms with van der Waals surface area (Å²) in [7, 11) is 0. The predicted molar refractivity (Wildman–Crippen MR) is 104 cm³/mol. The summed E-state index contributed by atoms with van der Waals surface area (Å²) in [5.74, 6) is -1.77. The number of Topliss-reactive ketones (excluding diaryl/α,β-unsaturated/α-hetero) is 1. The number of nitrogens with one attached hydrogen (secondary N) is 2. The third-order valence-electron chi connectivity index (χ3n) is 4.39. The highest BCUT2D eigenvalue weighted by Gasteiger charge is 2.40. The van der Waals surface area contributed by atoms with E-state index in [1.807, 2.05) is 13.8 Å². The largest absolute Gasteiger partial charge is 0.481 e. The number of amides is 2. The Morgan fingerprint density at radius 2 is 1.52 bits per heavy atom. The predicted octanol–water partition coefficient (Wildman–Crippen LogP) is 2.53. The molecule has 0 radical (unpaired) electrons. The average molecular weight is 385 g/mol. The van der Waals surface area contributed by atoms with Crippen LogP contribution in [0.5, 0.6) is 0 Å². The second kappa shape index (κ2) is 11.7. The zero-order valence-corrected chi connectivity index (χ0v) is 17.6. The van der Waals surface area contributed by atoms with Gasteiger partial charge in [0.05, 0.1) is 12.6 Å². The van der Waals surface area contributed by atoms with Crippen LogP contribution in [0.2, 0.25) is 0 Å². The van der Waals surface area contributed by atoms with E-state index < -0.39 is 29.1 Å². The van der Waals surface area contributed by atoms with Crippen LogP contribution >= 0.6 is 0 Å². The second-order valence-corrected chi connectivity index (χ2v) is 8.46. The van der Waals surface area contributed by atoms with Crippen LogP contribution in [0, 0.1) is 17.3 Å². The quantitative estimate of drug-likeness (QED) is 0.334. The first-order valence-electron chi connectivity index (χ1n) is 9.71. The molecule has 3 N–H and O–H groups in total. The summed E-state index contributed by atoms with van der Waals surface area (Å²) in [6.07, 6.45) is 3.50. The molecule has 0 unspecified atom stereocenters. The minimum absolute atomic E-state index is 0.0967. The Kier molecular flexibility index (Phi) is 10.9.